The van der Waals surface area contributed by atoms with Gasteiger partial charge in [0.05, 0.1) is 11.0 Å². The third-order valence-electron chi connectivity index (χ3n) is 10.6. The Kier molecular flexibility index (Phi) is 8.65. The molecule has 0 aliphatic carbocycles. The molecule has 0 unspecified atom stereocenters. The second kappa shape index (κ2) is 14.5. The van der Waals surface area contributed by atoms with Crippen LogP contribution in [0.15, 0.2) is 207 Å². The highest BCUT2D eigenvalue weighted by Gasteiger charge is 2.18. The first-order valence-corrected chi connectivity index (χ1v) is 19.2. The van der Waals surface area contributed by atoms with Crippen molar-refractivity contribution in [2.24, 2.45) is 0 Å². The van der Waals surface area contributed by atoms with Gasteiger partial charge >= 0.3 is 0 Å². The van der Waals surface area contributed by atoms with Gasteiger partial charge in [-0.2, -0.15) is 0 Å². The number of hydrogen-bond donors (Lipinski definition) is 0. The van der Waals surface area contributed by atoms with Crippen molar-refractivity contribution < 1.29 is 0 Å². The van der Waals surface area contributed by atoms with Gasteiger partial charge in [0.1, 0.15) is 0 Å². The van der Waals surface area contributed by atoms with Crippen LogP contribution in [0.25, 0.3) is 78.4 Å². The van der Waals surface area contributed by atoms with Crippen LogP contribution >= 0.6 is 0 Å². The molecule has 1 aliphatic heterocycles. The van der Waals surface area contributed by atoms with Gasteiger partial charge in [0.25, 0.3) is 0 Å². The molecule has 5 heteroatoms. The summed E-state index contributed by atoms with van der Waals surface area (Å²) in [4.78, 5) is 17.1. The fourth-order valence-electron chi connectivity index (χ4n) is 7.79. The van der Waals surface area contributed by atoms with Crippen LogP contribution in [0.2, 0.25) is 0 Å². The maximum Gasteiger partial charge on any atom is 0.164 e. The molecule has 57 heavy (non-hydrogen) atoms. The number of para-hydroxylation sites is 2. The van der Waals surface area contributed by atoms with Crippen LogP contribution in [-0.4, -0.2) is 26.1 Å². The van der Waals surface area contributed by atoms with Gasteiger partial charge in [0.2, 0.25) is 0 Å². The molecule has 2 aromatic heterocycles. The summed E-state index contributed by atoms with van der Waals surface area (Å²) < 4.78 is 2.35. The van der Waals surface area contributed by atoms with E-state index in [4.69, 9.17) is 15.0 Å². The summed E-state index contributed by atoms with van der Waals surface area (Å²) >= 11 is 0. The molecule has 5 nitrogen and oxygen atoms in total. The molecule has 0 N–H and O–H groups in total. The van der Waals surface area contributed by atoms with Crippen molar-refractivity contribution in [1.29, 1.82) is 0 Å². The Balaban J connectivity index is 1.05. The van der Waals surface area contributed by atoms with Crippen molar-refractivity contribution in [2.45, 2.75) is 0 Å². The lowest BCUT2D eigenvalue weighted by molar-refractivity contribution is 1.07. The Labute approximate surface area is 331 Å². The first-order chi connectivity index (χ1) is 28.2. The van der Waals surface area contributed by atoms with Gasteiger partial charge in [-0.05, 0) is 83.4 Å². The molecule has 270 valence electrons. The van der Waals surface area contributed by atoms with Crippen LogP contribution in [0.1, 0.15) is 5.56 Å². The molecule has 0 atom stereocenters. The number of allylic oxidation sites excluding steroid dienone is 4. The molecule has 9 aromatic rings. The van der Waals surface area contributed by atoms with Gasteiger partial charge in [0, 0.05) is 56.6 Å². The Morgan fingerprint density at radius 3 is 1.67 bits per heavy atom. The third kappa shape index (κ3) is 6.41. The van der Waals surface area contributed by atoms with Crippen molar-refractivity contribution in [3.05, 3.63) is 212 Å². The molecule has 7 aromatic carbocycles. The van der Waals surface area contributed by atoms with Gasteiger partial charge in [-0.15, -0.1) is 0 Å². The summed E-state index contributed by atoms with van der Waals surface area (Å²) in [7, 11) is 0. The number of fused-ring (bicyclic) bond motifs is 4. The first kappa shape index (κ1) is 33.9. The second-order valence-corrected chi connectivity index (χ2v) is 14.2. The predicted molar refractivity (Wildman–Crippen MR) is 237 cm³/mol. The zero-order chi connectivity index (χ0) is 38.1. The summed E-state index contributed by atoms with van der Waals surface area (Å²) in [6.45, 7) is 5.25. The zero-order valence-corrected chi connectivity index (χ0v) is 31.2. The molecule has 0 spiro atoms. The van der Waals surface area contributed by atoms with Gasteiger partial charge in [-0.1, -0.05) is 140 Å². The van der Waals surface area contributed by atoms with E-state index in [1.807, 2.05) is 60.7 Å². The highest BCUT2D eigenvalue weighted by molar-refractivity contribution is 6.10. The van der Waals surface area contributed by atoms with Crippen LogP contribution in [0.5, 0.6) is 0 Å². The summed E-state index contributed by atoms with van der Waals surface area (Å²) in [6.07, 6.45) is 8.46. The van der Waals surface area contributed by atoms with Crippen LogP contribution < -0.4 is 4.90 Å². The Morgan fingerprint density at radius 1 is 0.439 bits per heavy atom. The number of anilines is 2. The van der Waals surface area contributed by atoms with Gasteiger partial charge < -0.3 is 9.47 Å². The fraction of sp³-hybridized carbons (Fsp3) is 0.0192. The highest BCUT2D eigenvalue weighted by Crippen LogP contribution is 2.39. The minimum atomic E-state index is 0.634. The molecule has 3 heterocycles. The van der Waals surface area contributed by atoms with E-state index in [0.29, 0.717) is 17.5 Å². The van der Waals surface area contributed by atoms with E-state index in [1.54, 1.807) is 0 Å². The van der Waals surface area contributed by atoms with E-state index in [0.717, 1.165) is 73.6 Å². The molecule has 10 rings (SSSR count). The average molecular weight is 732 g/mol. The lowest BCUT2D eigenvalue weighted by Crippen LogP contribution is -2.18. The van der Waals surface area contributed by atoms with Gasteiger partial charge in [-0.25, -0.2) is 15.0 Å². The molecular formula is C52H37N5. The van der Waals surface area contributed by atoms with Crippen LogP contribution in [0.4, 0.5) is 11.4 Å². The minimum Gasteiger partial charge on any atom is -0.337 e. The van der Waals surface area contributed by atoms with E-state index in [-0.39, 0.29) is 0 Å². The molecular weight excluding hydrogens is 695 g/mol. The zero-order valence-electron chi connectivity index (χ0n) is 31.2. The maximum absolute atomic E-state index is 4.95. The van der Waals surface area contributed by atoms with Gasteiger partial charge in [-0.3, -0.25) is 0 Å². The van der Waals surface area contributed by atoms with Gasteiger partial charge in [0.15, 0.2) is 17.5 Å². The monoisotopic (exact) mass is 731 g/mol. The predicted octanol–water partition coefficient (Wildman–Crippen LogP) is 12.9. The minimum absolute atomic E-state index is 0.634. The molecule has 0 fully saturated rings. The molecule has 0 bridgehead atoms. The number of aromatic nitrogens is 4. The Bertz CT molecular complexity index is 2920. The molecule has 1 aliphatic rings. The fourth-order valence-corrected chi connectivity index (χ4v) is 7.79. The molecule has 0 saturated carbocycles. The summed E-state index contributed by atoms with van der Waals surface area (Å²) in [6, 6.07) is 61.5. The van der Waals surface area contributed by atoms with E-state index >= 15 is 0 Å². The lowest BCUT2D eigenvalue weighted by atomic mass is 9.96. The second-order valence-electron chi connectivity index (χ2n) is 14.2. The van der Waals surface area contributed by atoms with Crippen LogP contribution in [0, 0.1) is 0 Å². The molecule has 0 saturated heterocycles. The maximum atomic E-state index is 4.95. The number of rotatable bonds is 6. The van der Waals surface area contributed by atoms with Crippen molar-refractivity contribution in [3.8, 4) is 51.0 Å². The summed E-state index contributed by atoms with van der Waals surface area (Å²) in [5.41, 5.74) is 12.8. The quantitative estimate of drug-likeness (QED) is 0.171. The third-order valence-corrected chi connectivity index (χ3v) is 10.6. The summed E-state index contributed by atoms with van der Waals surface area (Å²) in [5, 5.41) is 2.40. The van der Waals surface area contributed by atoms with E-state index in [2.05, 4.69) is 156 Å². The van der Waals surface area contributed by atoms with Crippen molar-refractivity contribution in [3.63, 3.8) is 0 Å². The standard InChI is InChI=1S/C52H37N5/c1-36-16-6-5-15-33-56(42-21-11-4-12-22-42)47-31-27-40(34-45(36)47)41-28-32-49-46(35-41)44-23-13-14-24-48(44)57(49)43-29-25-39(26-30-43)52-54-50(37-17-7-2-8-18-37)53-51(55-52)38-19-9-3-10-20-38/h2-32,34-35H,1,33H2/b15-5-,16-6-. The normalized spacial score (nSPS) is 13.8. The average Bonchev–Trinajstić information content (AvgIpc) is 3.65. The Hall–Kier alpha value is -7.63. The van der Waals surface area contributed by atoms with Crippen LogP contribution in [-0.2, 0) is 0 Å². The molecule has 0 amide bonds. The number of benzene rings is 7. The van der Waals surface area contributed by atoms with E-state index in [9.17, 15) is 0 Å². The van der Waals surface area contributed by atoms with Crippen LogP contribution in [0.3, 0.4) is 0 Å². The topological polar surface area (TPSA) is 46.8 Å². The number of hydrogen-bond acceptors (Lipinski definition) is 4. The lowest BCUT2D eigenvalue weighted by Gasteiger charge is -2.27. The highest BCUT2D eigenvalue weighted by atomic mass is 15.1. The van der Waals surface area contributed by atoms with Crippen molar-refractivity contribution in [2.75, 3.05) is 11.4 Å². The van der Waals surface area contributed by atoms with E-state index in [1.165, 1.54) is 10.8 Å². The SMILES string of the molecule is C=C1/C=C\C=C/CN(c2ccccc2)c2ccc(-c3ccc4c(c3)c3ccccc3n4-c3ccc(-c4nc(-c5ccccc5)nc(-c5ccccc5)n4)cc3)cc21. The van der Waals surface area contributed by atoms with Crippen molar-refractivity contribution in [1.82, 2.24) is 19.5 Å². The Morgan fingerprint density at radius 2 is 0.982 bits per heavy atom. The molecule has 0 radical (unpaired) electrons. The first-order valence-electron chi connectivity index (χ1n) is 19.2. The largest absolute Gasteiger partial charge is 0.337 e. The van der Waals surface area contributed by atoms with Crippen molar-refractivity contribution >= 4 is 38.8 Å². The smallest absolute Gasteiger partial charge is 0.164 e. The van der Waals surface area contributed by atoms with E-state index < -0.39 is 0 Å². The summed E-state index contributed by atoms with van der Waals surface area (Å²) in [5.74, 6) is 1.93. The number of nitrogens with zero attached hydrogens (tertiary/aromatic N) is 5.